The van der Waals surface area contributed by atoms with Crippen LogP contribution >= 0.6 is 0 Å². The smallest absolute Gasteiger partial charge is 0.227 e. The lowest BCUT2D eigenvalue weighted by atomic mass is 10.2. The van der Waals surface area contributed by atoms with Crippen molar-refractivity contribution in [1.29, 1.82) is 0 Å². The zero-order valence-electron chi connectivity index (χ0n) is 11.2. The predicted molar refractivity (Wildman–Crippen MR) is 72.1 cm³/mol. The number of hydrogen-bond acceptors (Lipinski definition) is 3. The summed E-state index contributed by atoms with van der Waals surface area (Å²) in [6, 6.07) is 1.92. The third-order valence-electron chi connectivity index (χ3n) is 3.31. The van der Waals surface area contributed by atoms with E-state index in [0.717, 1.165) is 5.56 Å². The second-order valence-corrected chi connectivity index (χ2v) is 6.89. The number of carbonyl (C=O) groups is 1. The van der Waals surface area contributed by atoms with E-state index in [-0.39, 0.29) is 5.91 Å². The van der Waals surface area contributed by atoms with Gasteiger partial charge in [-0.3, -0.25) is 4.79 Å². The highest BCUT2D eigenvalue weighted by Gasteiger charge is 2.25. The van der Waals surface area contributed by atoms with Gasteiger partial charge in [-0.25, -0.2) is 8.42 Å². The molecule has 1 amide bonds. The van der Waals surface area contributed by atoms with E-state index >= 15 is 0 Å². The molecular weight excluding hydrogens is 266 g/mol. The van der Waals surface area contributed by atoms with Crippen molar-refractivity contribution in [2.45, 2.75) is 6.42 Å². The van der Waals surface area contributed by atoms with Crippen molar-refractivity contribution in [3.05, 3.63) is 24.0 Å². The molecule has 0 aliphatic carbocycles. The molecule has 7 heteroatoms. The Morgan fingerprint density at radius 2 is 1.89 bits per heavy atom. The average Bonchev–Trinajstić information content (AvgIpc) is 2.74. The summed E-state index contributed by atoms with van der Waals surface area (Å²) in [5, 5.41) is 0. The molecule has 0 spiro atoms. The first-order chi connectivity index (χ1) is 8.86. The topological polar surface area (TPSA) is 62.6 Å². The predicted octanol–water partition coefficient (Wildman–Crippen LogP) is -0.329. The lowest BCUT2D eigenvalue weighted by molar-refractivity contribution is -0.131. The van der Waals surface area contributed by atoms with Gasteiger partial charge in [-0.15, -0.1) is 0 Å². The Hall–Kier alpha value is -1.34. The van der Waals surface area contributed by atoms with Crippen molar-refractivity contribution >= 4 is 15.9 Å². The van der Waals surface area contributed by atoms with Gasteiger partial charge < -0.3 is 9.47 Å². The zero-order valence-corrected chi connectivity index (χ0v) is 12.1. The van der Waals surface area contributed by atoms with E-state index in [1.807, 2.05) is 30.1 Å². The molecule has 1 aromatic heterocycles. The molecule has 1 aliphatic heterocycles. The number of carbonyl (C=O) groups excluding carboxylic acids is 1. The number of sulfonamides is 1. The van der Waals surface area contributed by atoms with Crippen molar-refractivity contribution in [2.24, 2.45) is 7.05 Å². The van der Waals surface area contributed by atoms with Gasteiger partial charge in [0.2, 0.25) is 15.9 Å². The van der Waals surface area contributed by atoms with Crippen LogP contribution in [0.1, 0.15) is 5.56 Å². The fraction of sp³-hybridized carbons (Fsp3) is 0.583. The van der Waals surface area contributed by atoms with E-state index in [9.17, 15) is 13.2 Å². The second-order valence-electron chi connectivity index (χ2n) is 4.90. The van der Waals surface area contributed by atoms with Crippen LogP contribution in [0.2, 0.25) is 0 Å². The highest BCUT2D eigenvalue weighted by Crippen LogP contribution is 2.09. The number of aromatic nitrogens is 1. The van der Waals surface area contributed by atoms with Gasteiger partial charge in [-0.2, -0.15) is 4.31 Å². The Kier molecular flexibility index (Phi) is 3.96. The molecule has 106 valence electrons. The lowest BCUT2D eigenvalue weighted by Gasteiger charge is -2.33. The van der Waals surface area contributed by atoms with Crippen LogP contribution in [0.15, 0.2) is 18.5 Å². The van der Waals surface area contributed by atoms with Crippen molar-refractivity contribution in [2.75, 3.05) is 32.4 Å². The Bertz CT molecular complexity index is 557. The van der Waals surface area contributed by atoms with E-state index in [1.54, 1.807) is 4.90 Å². The quantitative estimate of drug-likeness (QED) is 0.764. The maximum Gasteiger partial charge on any atom is 0.227 e. The fourth-order valence-electron chi connectivity index (χ4n) is 2.22. The second kappa shape index (κ2) is 5.34. The van der Waals surface area contributed by atoms with Crippen LogP contribution in [-0.2, 0) is 28.3 Å². The Labute approximate surface area is 113 Å². The molecule has 0 radical (unpaired) electrons. The Balaban J connectivity index is 1.89. The molecule has 0 unspecified atom stereocenters. The van der Waals surface area contributed by atoms with Gasteiger partial charge >= 0.3 is 0 Å². The minimum absolute atomic E-state index is 0.0550. The molecule has 2 rings (SSSR count). The summed E-state index contributed by atoms with van der Waals surface area (Å²) in [5.41, 5.74) is 0.984. The van der Waals surface area contributed by atoms with Crippen LogP contribution in [0.5, 0.6) is 0 Å². The SMILES string of the molecule is Cn1ccc(CC(=O)N2CCN(S(C)(=O)=O)CC2)c1. The summed E-state index contributed by atoms with van der Waals surface area (Å²) in [6.45, 7) is 1.72. The number of rotatable bonds is 3. The molecule has 0 aromatic carbocycles. The summed E-state index contributed by atoms with van der Waals surface area (Å²) in [5.74, 6) is 0.0550. The minimum Gasteiger partial charge on any atom is -0.357 e. The molecule has 1 fully saturated rings. The van der Waals surface area contributed by atoms with Crippen molar-refractivity contribution < 1.29 is 13.2 Å². The summed E-state index contributed by atoms with van der Waals surface area (Å²) < 4.78 is 26.1. The summed E-state index contributed by atoms with van der Waals surface area (Å²) in [7, 11) is -1.22. The lowest BCUT2D eigenvalue weighted by Crippen LogP contribution is -2.50. The Morgan fingerprint density at radius 1 is 1.26 bits per heavy atom. The Morgan fingerprint density at radius 3 is 2.37 bits per heavy atom. The minimum atomic E-state index is -3.14. The molecule has 0 saturated carbocycles. The molecule has 0 atom stereocenters. The number of hydrogen-bond donors (Lipinski definition) is 0. The number of piperazine rings is 1. The van der Waals surface area contributed by atoms with Crippen LogP contribution < -0.4 is 0 Å². The van der Waals surface area contributed by atoms with Crippen LogP contribution in [0.3, 0.4) is 0 Å². The summed E-state index contributed by atoms with van der Waals surface area (Å²) >= 11 is 0. The number of amides is 1. The molecule has 6 nitrogen and oxygen atoms in total. The largest absolute Gasteiger partial charge is 0.357 e. The standard InChI is InChI=1S/C12H19N3O3S/c1-13-4-3-11(10-13)9-12(16)14-5-7-15(8-6-14)19(2,17)18/h3-4,10H,5-9H2,1-2H3. The van der Waals surface area contributed by atoms with Gasteiger partial charge in [-0.05, 0) is 11.6 Å². The normalized spacial score (nSPS) is 17.7. The van der Waals surface area contributed by atoms with E-state index < -0.39 is 10.0 Å². The van der Waals surface area contributed by atoms with Gasteiger partial charge in [-0.1, -0.05) is 0 Å². The van der Waals surface area contributed by atoms with Crippen LogP contribution in [0.4, 0.5) is 0 Å². The highest BCUT2D eigenvalue weighted by atomic mass is 32.2. The van der Waals surface area contributed by atoms with Crippen LogP contribution in [0, 0.1) is 0 Å². The zero-order chi connectivity index (χ0) is 14.0. The highest BCUT2D eigenvalue weighted by molar-refractivity contribution is 7.88. The van der Waals surface area contributed by atoms with Gasteiger partial charge in [0.25, 0.3) is 0 Å². The molecule has 2 heterocycles. The van der Waals surface area contributed by atoms with Gasteiger partial charge in [0, 0.05) is 45.6 Å². The molecule has 1 saturated heterocycles. The van der Waals surface area contributed by atoms with Crippen LogP contribution in [-0.4, -0.2) is 60.5 Å². The van der Waals surface area contributed by atoms with Crippen molar-refractivity contribution in [1.82, 2.24) is 13.8 Å². The maximum atomic E-state index is 12.1. The van der Waals surface area contributed by atoms with Gasteiger partial charge in [0.05, 0.1) is 12.7 Å². The van der Waals surface area contributed by atoms with Gasteiger partial charge in [0.1, 0.15) is 0 Å². The summed E-state index contributed by atoms with van der Waals surface area (Å²) in [4.78, 5) is 13.8. The molecule has 19 heavy (non-hydrogen) atoms. The first-order valence-electron chi connectivity index (χ1n) is 6.20. The third kappa shape index (κ3) is 3.57. The average molecular weight is 285 g/mol. The molecule has 1 aliphatic rings. The van der Waals surface area contributed by atoms with Crippen LogP contribution in [0.25, 0.3) is 0 Å². The molecular formula is C12H19N3O3S. The number of nitrogens with zero attached hydrogens (tertiary/aromatic N) is 3. The van der Waals surface area contributed by atoms with Crippen molar-refractivity contribution in [3.8, 4) is 0 Å². The van der Waals surface area contributed by atoms with Gasteiger partial charge in [0.15, 0.2) is 0 Å². The first-order valence-corrected chi connectivity index (χ1v) is 8.05. The van der Waals surface area contributed by atoms with Crippen molar-refractivity contribution in [3.63, 3.8) is 0 Å². The fourth-order valence-corrected chi connectivity index (χ4v) is 3.05. The molecule has 0 bridgehead atoms. The van der Waals surface area contributed by atoms with E-state index in [1.165, 1.54) is 10.6 Å². The monoisotopic (exact) mass is 285 g/mol. The maximum absolute atomic E-state index is 12.1. The van der Waals surface area contributed by atoms with E-state index in [0.29, 0.717) is 32.6 Å². The first kappa shape index (κ1) is 14.1. The summed E-state index contributed by atoms with van der Waals surface area (Å²) in [6.07, 6.45) is 5.41. The third-order valence-corrected chi connectivity index (χ3v) is 4.61. The van der Waals surface area contributed by atoms with E-state index in [4.69, 9.17) is 0 Å². The molecule has 0 N–H and O–H groups in total. The van der Waals surface area contributed by atoms with E-state index in [2.05, 4.69) is 0 Å². The molecule has 1 aromatic rings. The number of aryl methyl sites for hydroxylation is 1.